The first-order valence-corrected chi connectivity index (χ1v) is 12.2. The van der Waals surface area contributed by atoms with Crippen molar-refractivity contribution in [2.24, 2.45) is 5.73 Å². The maximum Gasteiger partial charge on any atom is 0.246 e. The summed E-state index contributed by atoms with van der Waals surface area (Å²) in [5.74, 6) is -0.0689. The van der Waals surface area contributed by atoms with Crippen molar-refractivity contribution >= 4 is 18.2 Å². The van der Waals surface area contributed by atoms with Crippen molar-refractivity contribution in [2.45, 2.75) is 84.0 Å². The minimum atomic E-state index is -0.385. The monoisotopic (exact) mass is 461 g/mol. The predicted octanol–water partition coefficient (Wildman–Crippen LogP) is 1.71. The smallest absolute Gasteiger partial charge is 0.246 e. The van der Waals surface area contributed by atoms with Crippen LogP contribution in [0.5, 0.6) is 0 Å². The highest BCUT2D eigenvalue weighted by Gasteiger charge is 2.39. The van der Waals surface area contributed by atoms with E-state index in [1.165, 1.54) is 25.7 Å². The predicted molar refractivity (Wildman–Crippen MR) is 132 cm³/mol. The highest BCUT2D eigenvalue weighted by molar-refractivity contribution is 5.89. The number of fused-ring (bicyclic) bond motifs is 2. The molecule has 0 spiro atoms. The van der Waals surface area contributed by atoms with Crippen molar-refractivity contribution in [2.75, 3.05) is 20.1 Å². The van der Waals surface area contributed by atoms with Gasteiger partial charge in [0.2, 0.25) is 18.2 Å². The number of carbonyl (C=O) groups excluding carboxylic acids is 3. The first-order valence-electron chi connectivity index (χ1n) is 12.2. The van der Waals surface area contributed by atoms with E-state index in [-0.39, 0.29) is 43.0 Å². The number of aryl methyl sites for hydroxylation is 2. The number of carbonyl (C=O) groups is 3. The largest absolute Gasteiger partial charge is 0.372 e. The van der Waals surface area contributed by atoms with E-state index in [2.05, 4.69) is 52.9 Å². The Hall–Kier alpha value is -2.45. The van der Waals surface area contributed by atoms with Gasteiger partial charge in [-0.3, -0.25) is 19.7 Å². The van der Waals surface area contributed by atoms with Crippen LogP contribution in [0.1, 0.15) is 64.0 Å². The molecular formula is C25H43N5O3. The van der Waals surface area contributed by atoms with Gasteiger partial charge in [0.25, 0.3) is 0 Å². The molecule has 0 saturated carbocycles. The average Bonchev–Trinajstić information content (AvgIpc) is 3.12. The molecule has 33 heavy (non-hydrogen) atoms. The topological polar surface area (TPSA) is 117 Å². The Kier molecular flexibility index (Phi) is 14.0. The summed E-state index contributed by atoms with van der Waals surface area (Å²) in [6.45, 7) is 7.08. The van der Waals surface area contributed by atoms with Crippen molar-refractivity contribution in [3.63, 3.8) is 0 Å². The lowest BCUT2D eigenvalue weighted by Crippen LogP contribution is -2.52. The number of rotatable bonds is 3. The van der Waals surface area contributed by atoms with Crippen molar-refractivity contribution in [3.8, 4) is 0 Å². The highest BCUT2D eigenvalue weighted by Crippen LogP contribution is 2.25. The number of primary amides is 1. The summed E-state index contributed by atoms with van der Waals surface area (Å²) in [6, 6.07) is 8.68. The number of hydrogen-bond donors (Lipinski definition) is 4. The van der Waals surface area contributed by atoms with Gasteiger partial charge < -0.3 is 21.3 Å². The van der Waals surface area contributed by atoms with Gasteiger partial charge in [-0.25, -0.2) is 0 Å². The summed E-state index contributed by atoms with van der Waals surface area (Å²) in [5, 5.41) is 8.98. The third-order valence-electron chi connectivity index (χ3n) is 5.97. The zero-order valence-electron chi connectivity index (χ0n) is 20.7. The van der Waals surface area contributed by atoms with Gasteiger partial charge in [-0.15, -0.1) is 0 Å². The number of nitrogens with zero attached hydrogens (tertiary/aromatic N) is 1. The Morgan fingerprint density at radius 2 is 1.73 bits per heavy atom. The van der Waals surface area contributed by atoms with Gasteiger partial charge >= 0.3 is 0 Å². The van der Waals surface area contributed by atoms with Crippen LogP contribution in [0.25, 0.3) is 0 Å². The Labute approximate surface area is 199 Å². The van der Waals surface area contributed by atoms with E-state index in [9.17, 15) is 9.59 Å². The molecule has 2 aliphatic heterocycles. The second kappa shape index (κ2) is 16.2. The summed E-state index contributed by atoms with van der Waals surface area (Å²) >= 11 is 0. The van der Waals surface area contributed by atoms with E-state index in [4.69, 9.17) is 4.79 Å². The number of nitrogens with two attached hydrogens (primary N) is 1. The molecule has 1 aliphatic carbocycles. The molecule has 2 saturated heterocycles. The number of amides is 3. The summed E-state index contributed by atoms with van der Waals surface area (Å²) < 4.78 is 0. The molecular weight excluding hydrogens is 418 g/mol. The molecule has 2 unspecified atom stereocenters. The number of likely N-dealkylation sites (N-methyl/N-ethyl adjacent to an activating group) is 1. The van der Waals surface area contributed by atoms with Crippen LogP contribution in [-0.2, 0) is 27.2 Å². The third kappa shape index (κ3) is 9.14. The first kappa shape index (κ1) is 28.6. The minimum absolute atomic E-state index is 0.0550. The van der Waals surface area contributed by atoms with Crippen molar-refractivity contribution in [1.82, 2.24) is 20.9 Å². The molecule has 4 rings (SSSR count). The molecule has 3 atom stereocenters. The maximum absolute atomic E-state index is 12.4. The van der Waals surface area contributed by atoms with Crippen LogP contribution in [0, 0.1) is 0 Å². The zero-order chi connectivity index (χ0) is 24.6. The Bertz CT molecular complexity index is 703. The van der Waals surface area contributed by atoms with Gasteiger partial charge in [0.15, 0.2) is 0 Å². The van der Waals surface area contributed by atoms with E-state index in [0.29, 0.717) is 6.42 Å². The van der Waals surface area contributed by atoms with Crippen LogP contribution in [0.4, 0.5) is 0 Å². The molecule has 0 radical (unpaired) electrons. The lowest BCUT2D eigenvalue weighted by molar-refractivity contribution is -0.138. The summed E-state index contributed by atoms with van der Waals surface area (Å²) in [5.41, 5.74) is 7.32. The number of nitrogens with one attached hydrogen (secondary N) is 3. The SMILES string of the molecule is CC.CNCC(=O)N[C@H]1CCNC2CCC(C)N2C1=O.NC=O.c1ccc2c(c1)CCCC2. The maximum atomic E-state index is 12.4. The highest BCUT2D eigenvalue weighted by atomic mass is 16.2. The fourth-order valence-electron chi connectivity index (χ4n) is 4.47. The molecule has 0 bridgehead atoms. The van der Waals surface area contributed by atoms with Gasteiger partial charge in [0.1, 0.15) is 6.04 Å². The lowest BCUT2D eigenvalue weighted by Gasteiger charge is -2.29. The van der Waals surface area contributed by atoms with E-state index < -0.39 is 0 Å². The molecule has 5 N–H and O–H groups in total. The molecule has 3 amide bonds. The van der Waals surface area contributed by atoms with Crippen molar-refractivity contribution < 1.29 is 14.4 Å². The standard InChI is InChI=1S/C12H22N4O2.C10H12.C2H6.CH3NO/c1-8-3-4-10-14-6-5-9(12(18)16(8)10)15-11(17)7-13-2;1-2-6-10-8-4-3-7-9(10)5-1;1-2;2-1-3/h8-10,13-14H,3-7H2,1-2H3,(H,15,17);1-2,5-6H,3-4,7-8H2;1-2H3;1H,(H2,2,3)/t8?,9-,10?;;;/m0.../s1. The van der Waals surface area contributed by atoms with Crippen LogP contribution < -0.4 is 21.7 Å². The van der Waals surface area contributed by atoms with Crippen LogP contribution >= 0.6 is 0 Å². The fourth-order valence-corrected chi connectivity index (χ4v) is 4.47. The van der Waals surface area contributed by atoms with Crippen LogP contribution in [0.3, 0.4) is 0 Å². The Balaban J connectivity index is 0.000000304. The normalized spacial score (nSPS) is 23.0. The van der Waals surface area contributed by atoms with Gasteiger partial charge in [-0.1, -0.05) is 38.1 Å². The molecule has 8 nitrogen and oxygen atoms in total. The molecule has 186 valence electrons. The third-order valence-corrected chi connectivity index (χ3v) is 5.97. The molecule has 0 aromatic heterocycles. The molecule has 1 aromatic rings. The average molecular weight is 462 g/mol. The van der Waals surface area contributed by atoms with E-state index in [1.807, 2.05) is 18.7 Å². The lowest BCUT2D eigenvalue weighted by atomic mass is 9.92. The molecule has 2 fully saturated rings. The first-order chi connectivity index (χ1) is 16.0. The molecule has 2 heterocycles. The van der Waals surface area contributed by atoms with Gasteiger partial charge in [0, 0.05) is 6.04 Å². The van der Waals surface area contributed by atoms with Crippen molar-refractivity contribution in [3.05, 3.63) is 35.4 Å². The summed E-state index contributed by atoms with van der Waals surface area (Å²) in [4.78, 5) is 34.5. The molecule has 3 aliphatic rings. The van der Waals surface area contributed by atoms with Crippen LogP contribution in [0.15, 0.2) is 24.3 Å². The summed E-state index contributed by atoms with van der Waals surface area (Å²) in [6.07, 6.45) is 8.47. The summed E-state index contributed by atoms with van der Waals surface area (Å²) in [7, 11) is 1.72. The van der Waals surface area contributed by atoms with Crippen molar-refractivity contribution in [1.29, 1.82) is 0 Å². The van der Waals surface area contributed by atoms with Crippen LogP contribution in [0.2, 0.25) is 0 Å². The zero-order valence-corrected chi connectivity index (χ0v) is 20.7. The molecule has 1 aromatic carbocycles. The van der Waals surface area contributed by atoms with Crippen LogP contribution in [-0.4, -0.2) is 61.5 Å². The second-order valence-corrected chi connectivity index (χ2v) is 8.19. The van der Waals surface area contributed by atoms with E-state index >= 15 is 0 Å². The van der Waals surface area contributed by atoms with E-state index in [1.54, 1.807) is 18.2 Å². The minimum Gasteiger partial charge on any atom is -0.372 e. The fraction of sp³-hybridized carbons (Fsp3) is 0.640. The Morgan fingerprint density at radius 1 is 1.15 bits per heavy atom. The van der Waals surface area contributed by atoms with Gasteiger partial charge in [0.05, 0.1) is 12.7 Å². The molecule has 8 heteroatoms. The second-order valence-electron chi connectivity index (χ2n) is 8.19. The number of benzene rings is 1. The quantitative estimate of drug-likeness (QED) is 0.512. The van der Waals surface area contributed by atoms with Gasteiger partial charge in [-0.2, -0.15) is 0 Å². The number of hydrogen-bond acceptors (Lipinski definition) is 5. The van der Waals surface area contributed by atoms with E-state index in [0.717, 1.165) is 19.4 Å². The van der Waals surface area contributed by atoms with Gasteiger partial charge in [-0.05, 0) is 76.6 Å². The Morgan fingerprint density at radius 3 is 2.27 bits per heavy atom.